The van der Waals surface area contributed by atoms with Gasteiger partial charge in [-0.15, -0.1) is 0 Å². The number of fused-ring (bicyclic) bond motifs is 1. The highest BCUT2D eigenvalue weighted by atomic mass is 16.5. The Kier molecular flexibility index (Phi) is 6.63. The molecule has 0 saturated heterocycles. The number of para-hydroxylation sites is 1. The van der Waals surface area contributed by atoms with E-state index in [1.165, 1.54) is 18.4 Å². The van der Waals surface area contributed by atoms with Crippen LogP contribution >= 0.6 is 0 Å². The molecule has 1 aliphatic rings. The summed E-state index contributed by atoms with van der Waals surface area (Å²) >= 11 is 0. The fourth-order valence-corrected chi connectivity index (χ4v) is 4.34. The minimum atomic E-state index is -0.523. The van der Waals surface area contributed by atoms with Crippen molar-refractivity contribution in [1.82, 2.24) is 5.32 Å². The van der Waals surface area contributed by atoms with Gasteiger partial charge in [0.1, 0.15) is 0 Å². The average molecular weight is 444 g/mol. The van der Waals surface area contributed by atoms with Crippen LogP contribution in [0.25, 0.3) is 0 Å². The maximum Gasteiger partial charge on any atom is 0.338 e. The number of carbonyl (C=O) groups is 2. The average Bonchev–Trinajstić information content (AvgIpc) is 3.28. The molecule has 33 heavy (non-hydrogen) atoms. The number of hydrogen-bond acceptors (Lipinski definition) is 5. The van der Waals surface area contributed by atoms with E-state index in [9.17, 15) is 9.59 Å². The molecular formula is C27H29N3O3. The Balaban J connectivity index is 1.61. The van der Waals surface area contributed by atoms with E-state index in [4.69, 9.17) is 4.74 Å². The second-order valence-corrected chi connectivity index (χ2v) is 8.32. The van der Waals surface area contributed by atoms with Gasteiger partial charge in [0.25, 0.3) is 5.91 Å². The van der Waals surface area contributed by atoms with E-state index in [1.807, 2.05) is 14.1 Å². The molecule has 0 saturated carbocycles. The van der Waals surface area contributed by atoms with Crippen molar-refractivity contribution in [3.8, 4) is 0 Å². The van der Waals surface area contributed by atoms with Crippen molar-refractivity contribution < 1.29 is 14.3 Å². The summed E-state index contributed by atoms with van der Waals surface area (Å²) in [7, 11) is 5.35. The van der Waals surface area contributed by atoms with Crippen LogP contribution in [0, 0.1) is 0 Å². The van der Waals surface area contributed by atoms with Gasteiger partial charge >= 0.3 is 5.97 Å². The number of hydrogen-bond donors (Lipinski definition) is 1. The van der Waals surface area contributed by atoms with Gasteiger partial charge in [0.05, 0.1) is 24.3 Å². The Bertz CT molecular complexity index is 1140. The van der Waals surface area contributed by atoms with Gasteiger partial charge in [-0.05, 0) is 47.9 Å². The molecule has 0 aliphatic carbocycles. The highest BCUT2D eigenvalue weighted by Crippen LogP contribution is 2.35. The summed E-state index contributed by atoms with van der Waals surface area (Å²) in [5, 5.41) is 3.06. The third-order valence-electron chi connectivity index (χ3n) is 6.13. The van der Waals surface area contributed by atoms with Gasteiger partial charge in [-0.25, -0.2) is 4.79 Å². The molecule has 1 aliphatic heterocycles. The molecule has 1 heterocycles. The van der Waals surface area contributed by atoms with Gasteiger partial charge in [0, 0.05) is 38.6 Å². The highest BCUT2D eigenvalue weighted by Gasteiger charge is 2.28. The maximum absolute atomic E-state index is 13.1. The third kappa shape index (κ3) is 4.70. The lowest BCUT2D eigenvalue weighted by Crippen LogP contribution is -2.38. The monoisotopic (exact) mass is 443 g/mol. The molecule has 1 atom stereocenters. The largest absolute Gasteiger partial charge is 0.465 e. The first kappa shape index (κ1) is 22.4. The second kappa shape index (κ2) is 9.77. The molecule has 0 aromatic heterocycles. The zero-order valence-electron chi connectivity index (χ0n) is 19.2. The van der Waals surface area contributed by atoms with Crippen LogP contribution in [-0.2, 0) is 11.2 Å². The lowest BCUT2D eigenvalue weighted by molar-refractivity contribution is 0.0596. The van der Waals surface area contributed by atoms with Crippen molar-refractivity contribution >= 4 is 23.3 Å². The van der Waals surface area contributed by atoms with Gasteiger partial charge < -0.3 is 19.9 Å². The fourth-order valence-electron chi connectivity index (χ4n) is 4.34. The predicted molar refractivity (Wildman–Crippen MR) is 131 cm³/mol. The van der Waals surface area contributed by atoms with E-state index in [1.54, 1.807) is 24.3 Å². The number of ether oxygens (including phenoxy) is 1. The van der Waals surface area contributed by atoms with Crippen LogP contribution in [0.15, 0.2) is 72.8 Å². The first-order valence-corrected chi connectivity index (χ1v) is 11.1. The van der Waals surface area contributed by atoms with Crippen LogP contribution in [0.3, 0.4) is 0 Å². The zero-order valence-corrected chi connectivity index (χ0v) is 19.2. The molecule has 3 aromatic rings. The number of rotatable bonds is 7. The SMILES string of the molecule is COC(=O)c1ccccc1C(=O)NCC(c1ccc(N(C)C)cc1)N1CCc2ccccc21. The fraction of sp³-hybridized carbons (Fsp3) is 0.259. The Morgan fingerprint density at radius 3 is 2.33 bits per heavy atom. The summed E-state index contributed by atoms with van der Waals surface area (Å²) in [4.78, 5) is 29.6. The van der Waals surface area contributed by atoms with Crippen LogP contribution in [0.2, 0.25) is 0 Å². The number of methoxy groups -OCH3 is 1. The molecular weight excluding hydrogens is 414 g/mol. The lowest BCUT2D eigenvalue weighted by atomic mass is 10.0. The number of carbonyl (C=O) groups excluding carboxylic acids is 2. The second-order valence-electron chi connectivity index (χ2n) is 8.32. The van der Waals surface area contributed by atoms with Crippen molar-refractivity contribution in [2.24, 2.45) is 0 Å². The number of esters is 1. The van der Waals surface area contributed by atoms with Crippen molar-refractivity contribution in [3.63, 3.8) is 0 Å². The normalized spacial score (nSPS) is 13.2. The number of benzene rings is 3. The maximum atomic E-state index is 13.1. The number of nitrogens with one attached hydrogen (secondary N) is 1. The van der Waals surface area contributed by atoms with E-state index < -0.39 is 5.97 Å². The van der Waals surface area contributed by atoms with Crippen LogP contribution < -0.4 is 15.1 Å². The van der Waals surface area contributed by atoms with Crippen molar-refractivity contribution in [1.29, 1.82) is 0 Å². The standard InChI is InChI=1S/C27H29N3O3/c1-29(2)21-14-12-20(13-15-21)25(30-17-16-19-8-4-7-11-24(19)30)18-28-26(31)22-9-5-6-10-23(22)27(32)33-3/h4-15,25H,16-18H2,1-3H3,(H,28,31). The lowest BCUT2D eigenvalue weighted by Gasteiger charge is -2.31. The molecule has 1 N–H and O–H groups in total. The van der Waals surface area contributed by atoms with E-state index in [-0.39, 0.29) is 17.5 Å². The molecule has 6 nitrogen and oxygen atoms in total. The van der Waals surface area contributed by atoms with Crippen LogP contribution in [0.1, 0.15) is 37.9 Å². The van der Waals surface area contributed by atoms with Crippen molar-refractivity contribution in [2.45, 2.75) is 12.5 Å². The molecule has 170 valence electrons. The molecule has 6 heteroatoms. The van der Waals surface area contributed by atoms with E-state index in [2.05, 4.69) is 63.6 Å². The van der Waals surface area contributed by atoms with Gasteiger partial charge in [-0.3, -0.25) is 4.79 Å². The minimum Gasteiger partial charge on any atom is -0.465 e. The predicted octanol–water partition coefficient (Wildman–Crippen LogP) is 4.07. The zero-order chi connectivity index (χ0) is 23.4. The molecule has 1 unspecified atom stereocenters. The van der Waals surface area contributed by atoms with Crippen LogP contribution in [0.4, 0.5) is 11.4 Å². The first-order valence-electron chi connectivity index (χ1n) is 11.1. The van der Waals surface area contributed by atoms with Crippen molar-refractivity contribution in [3.05, 3.63) is 95.1 Å². The molecule has 0 fully saturated rings. The molecule has 1 amide bonds. The first-order chi connectivity index (χ1) is 16.0. The molecule has 3 aromatic carbocycles. The van der Waals surface area contributed by atoms with Gasteiger partial charge in [-0.1, -0.05) is 42.5 Å². The molecule has 0 spiro atoms. The van der Waals surface area contributed by atoms with E-state index >= 15 is 0 Å². The summed E-state index contributed by atoms with van der Waals surface area (Å²) in [5.41, 5.74) is 5.33. The molecule has 0 bridgehead atoms. The summed E-state index contributed by atoms with van der Waals surface area (Å²) in [6.45, 7) is 1.29. The number of nitrogens with zero attached hydrogens (tertiary/aromatic N) is 2. The Morgan fingerprint density at radius 1 is 0.970 bits per heavy atom. The van der Waals surface area contributed by atoms with Crippen LogP contribution in [0.5, 0.6) is 0 Å². The van der Waals surface area contributed by atoms with Crippen LogP contribution in [-0.4, -0.2) is 46.2 Å². The summed E-state index contributed by atoms with van der Waals surface area (Å²) in [6, 6.07) is 23.5. The number of amides is 1. The summed E-state index contributed by atoms with van der Waals surface area (Å²) in [6.07, 6.45) is 0.974. The van der Waals surface area contributed by atoms with E-state index in [0.717, 1.165) is 24.2 Å². The minimum absolute atomic E-state index is 0.0425. The third-order valence-corrected chi connectivity index (χ3v) is 6.13. The summed E-state index contributed by atoms with van der Waals surface area (Å²) in [5.74, 6) is -0.816. The smallest absolute Gasteiger partial charge is 0.338 e. The van der Waals surface area contributed by atoms with Gasteiger partial charge in [0.2, 0.25) is 0 Å². The van der Waals surface area contributed by atoms with Gasteiger partial charge in [0.15, 0.2) is 0 Å². The number of anilines is 2. The molecule has 4 rings (SSSR count). The topological polar surface area (TPSA) is 61.9 Å². The summed E-state index contributed by atoms with van der Waals surface area (Å²) < 4.78 is 4.84. The Labute approximate surface area is 194 Å². The Hall–Kier alpha value is -3.80. The highest BCUT2D eigenvalue weighted by molar-refractivity contribution is 6.05. The quantitative estimate of drug-likeness (QED) is 0.558. The Morgan fingerprint density at radius 2 is 1.64 bits per heavy atom. The van der Waals surface area contributed by atoms with E-state index in [0.29, 0.717) is 12.1 Å². The van der Waals surface area contributed by atoms with Crippen molar-refractivity contribution in [2.75, 3.05) is 44.1 Å². The molecule has 0 radical (unpaired) electrons. The van der Waals surface area contributed by atoms with Gasteiger partial charge in [-0.2, -0.15) is 0 Å².